The van der Waals surface area contributed by atoms with Crippen LogP contribution < -0.4 is 9.44 Å². The molecule has 0 aliphatic heterocycles. The highest BCUT2D eigenvalue weighted by Gasteiger charge is 2.31. The number of thiophene rings is 2. The number of hydrogen-bond donors (Lipinski definition) is 2. The first kappa shape index (κ1) is 16.6. The Bertz CT molecular complexity index is 764. The molecule has 0 fully saturated rings. The van der Waals surface area contributed by atoms with Crippen molar-refractivity contribution in [3.05, 3.63) is 39.9 Å². The van der Waals surface area contributed by atoms with Crippen LogP contribution in [-0.4, -0.2) is 30.4 Å². The average molecular weight is 367 g/mol. The molecule has 2 aromatic rings. The smallest absolute Gasteiger partial charge is 0.222 e. The van der Waals surface area contributed by atoms with Crippen molar-refractivity contribution >= 4 is 42.7 Å². The van der Waals surface area contributed by atoms with Crippen molar-refractivity contribution in [3.63, 3.8) is 0 Å². The second kappa shape index (κ2) is 6.55. The van der Waals surface area contributed by atoms with Gasteiger partial charge in [0, 0.05) is 18.5 Å². The van der Waals surface area contributed by atoms with Crippen molar-refractivity contribution in [2.24, 2.45) is 0 Å². The molecular formula is C11H14N2O4S4. The van der Waals surface area contributed by atoms with Gasteiger partial charge in [-0.1, -0.05) is 12.1 Å². The standard InChI is InChI=1S/C11H14N2O4S4/c1-12-21(16,17)13-8-10(9-4-2-6-18-9)20(14,15)11-5-3-7-19-11/h2-7,10,12-13H,8H2,1H3. The Labute approximate surface area is 131 Å². The molecule has 6 nitrogen and oxygen atoms in total. The van der Waals surface area contributed by atoms with Crippen LogP contribution in [0.15, 0.2) is 39.2 Å². The summed E-state index contributed by atoms with van der Waals surface area (Å²) in [4.78, 5) is 0.599. The van der Waals surface area contributed by atoms with Crippen LogP contribution in [0.5, 0.6) is 0 Å². The molecule has 1 unspecified atom stereocenters. The first-order valence-electron chi connectivity index (χ1n) is 5.86. The van der Waals surface area contributed by atoms with E-state index in [1.165, 1.54) is 24.5 Å². The van der Waals surface area contributed by atoms with Crippen LogP contribution >= 0.6 is 22.7 Å². The van der Waals surface area contributed by atoms with Gasteiger partial charge in [0.2, 0.25) is 0 Å². The third-order valence-corrected chi connectivity index (χ3v) is 8.47. The van der Waals surface area contributed by atoms with Gasteiger partial charge in [0.15, 0.2) is 9.84 Å². The molecule has 0 aliphatic carbocycles. The fourth-order valence-electron chi connectivity index (χ4n) is 1.66. The van der Waals surface area contributed by atoms with E-state index in [0.717, 1.165) is 11.3 Å². The first-order chi connectivity index (χ1) is 9.87. The molecular weight excluding hydrogens is 352 g/mol. The monoisotopic (exact) mass is 366 g/mol. The van der Waals surface area contributed by atoms with Gasteiger partial charge in [-0.2, -0.15) is 8.42 Å². The van der Waals surface area contributed by atoms with Gasteiger partial charge < -0.3 is 0 Å². The largest absolute Gasteiger partial charge is 0.276 e. The van der Waals surface area contributed by atoms with Gasteiger partial charge in [-0.05, 0) is 22.9 Å². The van der Waals surface area contributed by atoms with Gasteiger partial charge in [-0.25, -0.2) is 17.9 Å². The van der Waals surface area contributed by atoms with E-state index in [4.69, 9.17) is 0 Å². The fourth-order valence-corrected chi connectivity index (χ4v) is 6.29. The van der Waals surface area contributed by atoms with Gasteiger partial charge in [-0.3, -0.25) is 0 Å². The zero-order valence-electron chi connectivity index (χ0n) is 11.0. The van der Waals surface area contributed by atoms with Crippen LogP contribution in [0.2, 0.25) is 0 Å². The van der Waals surface area contributed by atoms with Gasteiger partial charge in [0.25, 0.3) is 10.2 Å². The van der Waals surface area contributed by atoms with Gasteiger partial charge in [0.1, 0.15) is 9.46 Å². The van der Waals surface area contributed by atoms with Crippen LogP contribution in [0.1, 0.15) is 10.1 Å². The Kier molecular flexibility index (Phi) is 5.17. The highest BCUT2D eigenvalue weighted by molar-refractivity contribution is 7.94. The molecule has 0 saturated heterocycles. The molecule has 21 heavy (non-hydrogen) atoms. The second-order valence-electron chi connectivity index (χ2n) is 4.04. The maximum atomic E-state index is 12.7. The lowest BCUT2D eigenvalue weighted by atomic mass is 10.3. The number of rotatable bonds is 7. The average Bonchev–Trinajstić information content (AvgIpc) is 3.12. The number of sulfone groups is 1. The minimum atomic E-state index is -3.69. The van der Waals surface area contributed by atoms with Crippen molar-refractivity contribution < 1.29 is 16.8 Å². The summed E-state index contributed by atoms with van der Waals surface area (Å²) in [7, 11) is -6.07. The molecule has 0 aliphatic rings. The van der Waals surface area contributed by atoms with Crippen LogP contribution in [0.3, 0.4) is 0 Å². The maximum absolute atomic E-state index is 12.7. The number of nitrogens with one attached hydrogen (secondary N) is 2. The molecule has 116 valence electrons. The molecule has 0 saturated carbocycles. The molecule has 2 rings (SSSR count). The van der Waals surface area contributed by atoms with Crippen LogP contribution in [0.4, 0.5) is 0 Å². The van der Waals surface area contributed by atoms with Gasteiger partial charge in [-0.15, -0.1) is 22.7 Å². The molecule has 0 amide bonds. The topological polar surface area (TPSA) is 92.3 Å². The van der Waals surface area contributed by atoms with E-state index in [2.05, 4.69) is 9.44 Å². The lowest BCUT2D eigenvalue weighted by Gasteiger charge is -2.16. The van der Waals surface area contributed by atoms with Crippen molar-refractivity contribution in [1.82, 2.24) is 9.44 Å². The lowest BCUT2D eigenvalue weighted by Crippen LogP contribution is -2.38. The van der Waals surface area contributed by atoms with Crippen LogP contribution in [-0.2, 0) is 20.0 Å². The summed E-state index contributed by atoms with van der Waals surface area (Å²) < 4.78 is 52.9. The minimum Gasteiger partial charge on any atom is -0.222 e. The predicted octanol–water partition coefficient (Wildman–Crippen LogP) is 1.38. The highest BCUT2D eigenvalue weighted by atomic mass is 32.2. The second-order valence-corrected chi connectivity index (χ2v) is 10.0. The van der Waals surface area contributed by atoms with Crippen molar-refractivity contribution in [2.75, 3.05) is 13.6 Å². The molecule has 0 bridgehead atoms. The molecule has 2 N–H and O–H groups in total. The number of hydrogen-bond acceptors (Lipinski definition) is 6. The summed E-state index contributed by atoms with van der Waals surface area (Å²) >= 11 is 2.40. The zero-order chi connectivity index (χ0) is 15.5. The predicted molar refractivity (Wildman–Crippen MR) is 84.5 cm³/mol. The van der Waals surface area contributed by atoms with Gasteiger partial charge >= 0.3 is 0 Å². The van der Waals surface area contributed by atoms with Crippen molar-refractivity contribution in [1.29, 1.82) is 0 Å². The summed E-state index contributed by atoms with van der Waals surface area (Å²) in [6.45, 7) is -0.218. The van der Waals surface area contributed by atoms with E-state index >= 15 is 0 Å². The minimum absolute atomic E-state index is 0.218. The zero-order valence-corrected chi connectivity index (χ0v) is 14.3. The SMILES string of the molecule is CNS(=O)(=O)NCC(c1cccs1)S(=O)(=O)c1cccs1. The molecule has 0 radical (unpaired) electrons. The van der Waals surface area contributed by atoms with E-state index in [1.54, 1.807) is 29.0 Å². The summed E-state index contributed by atoms with van der Waals surface area (Å²) in [5.74, 6) is 0. The molecule has 0 aromatic carbocycles. The van der Waals surface area contributed by atoms with Crippen molar-refractivity contribution in [3.8, 4) is 0 Å². The third kappa shape index (κ3) is 3.90. The normalized spacial score (nSPS) is 14.1. The first-order valence-corrected chi connectivity index (χ1v) is 10.6. The molecule has 10 heteroatoms. The lowest BCUT2D eigenvalue weighted by molar-refractivity contribution is 0.565. The van der Waals surface area contributed by atoms with Crippen LogP contribution in [0, 0.1) is 0 Å². The molecule has 2 heterocycles. The third-order valence-electron chi connectivity index (χ3n) is 2.74. The Morgan fingerprint density at radius 2 is 1.76 bits per heavy atom. The molecule has 0 spiro atoms. The quantitative estimate of drug-likeness (QED) is 0.774. The van der Waals surface area contributed by atoms with E-state index in [0.29, 0.717) is 4.88 Å². The van der Waals surface area contributed by atoms with E-state index < -0.39 is 25.3 Å². The summed E-state index contributed by atoms with van der Waals surface area (Å²) in [5, 5.41) is 2.49. The van der Waals surface area contributed by atoms with Gasteiger partial charge in [0.05, 0.1) is 0 Å². The summed E-state index contributed by atoms with van der Waals surface area (Å²) in [5.41, 5.74) is 0. The Morgan fingerprint density at radius 1 is 1.10 bits per heavy atom. The molecule has 1 atom stereocenters. The van der Waals surface area contributed by atoms with Crippen LogP contribution in [0.25, 0.3) is 0 Å². The van der Waals surface area contributed by atoms with E-state index in [9.17, 15) is 16.8 Å². The highest BCUT2D eigenvalue weighted by Crippen LogP contribution is 2.33. The van der Waals surface area contributed by atoms with E-state index in [1.807, 2.05) is 0 Å². The Hall–Kier alpha value is -0.780. The fraction of sp³-hybridized carbons (Fsp3) is 0.273. The summed E-state index contributed by atoms with van der Waals surface area (Å²) in [6.07, 6.45) is 0. The summed E-state index contributed by atoms with van der Waals surface area (Å²) in [6, 6.07) is 6.60. The Morgan fingerprint density at radius 3 is 2.29 bits per heavy atom. The Balaban J connectivity index is 2.34. The molecule has 2 aromatic heterocycles. The van der Waals surface area contributed by atoms with E-state index in [-0.39, 0.29) is 10.8 Å². The maximum Gasteiger partial charge on any atom is 0.276 e. The van der Waals surface area contributed by atoms with Crippen molar-refractivity contribution in [2.45, 2.75) is 9.46 Å².